The lowest BCUT2D eigenvalue weighted by molar-refractivity contribution is 0.0950. The van der Waals surface area contributed by atoms with E-state index in [1.54, 1.807) is 12.1 Å². The Labute approximate surface area is 124 Å². The zero-order valence-corrected chi connectivity index (χ0v) is 12.3. The molecule has 0 atom stereocenters. The molecule has 0 saturated heterocycles. The predicted molar refractivity (Wildman–Crippen MR) is 84.2 cm³/mol. The van der Waals surface area contributed by atoms with Crippen molar-refractivity contribution in [3.05, 3.63) is 59.7 Å². The van der Waals surface area contributed by atoms with Gasteiger partial charge in [0.1, 0.15) is 5.75 Å². The third kappa shape index (κ3) is 4.53. The van der Waals surface area contributed by atoms with Crippen molar-refractivity contribution in [1.82, 2.24) is 5.32 Å². The highest BCUT2D eigenvalue weighted by Gasteiger charge is 2.07. The average Bonchev–Trinajstić information content (AvgIpc) is 2.46. The summed E-state index contributed by atoms with van der Waals surface area (Å²) < 4.78 is 5.59. The number of anilines is 1. The van der Waals surface area contributed by atoms with Gasteiger partial charge in [0.25, 0.3) is 5.91 Å². The second kappa shape index (κ2) is 6.79. The van der Waals surface area contributed by atoms with Gasteiger partial charge in [-0.3, -0.25) is 4.79 Å². The van der Waals surface area contributed by atoms with E-state index in [1.165, 1.54) is 0 Å². The molecule has 0 bridgehead atoms. The number of rotatable bonds is 5. The van der Waals surface area contributed by atoms with Crippen molar-refractivity contribution in [3.63, 3.8) is 0 Å². The van der Waals surface area contributed by atoms with Gasteiger partial charge in [0.05, 0.1) is 6.10 Å². The van der Waals surface area contributed by atoms with E-state index in [9.17, 15) is 4.79 Å². The Hall–Kier alpha value is -2.49. The second-order valence-electron chi connectivity index (χ2n) is 5.12. The van der Waals surface area contributed by atoms with E-state index in [4.69, 9.17) is 10.5 Å². The summed E-state index contributed by atoms with van der Waals surface area (Å²) in [5, 5.41) is 2.88. The van der Waals surface area contributed by atoms with E-state index in [2.05, 4.69) is 5.32 Å². The lowest BCUT2D eigenvalue weighted by Crippen LogP contribution is -2.22. The molecule has 2 aromatic rings. The molecule has 0 aliphatic carbocycles. The van der Waals surface area contributed by atoms with E-state index in [-0.39, 0.29) is 12.0 Å². The van der Waals surface area contributed by atoms with Crippen molar-refractivity contribution in [3.8, 4) is 5.75 Å². The van der Waals surface area contributed by atoms with Crippen LogP contribution in [0.2, 0.25) is 0 Å². The van der Waals surface area contributed by atoms with Crippen molar-refractivity contribution in [2.75, 3.05) is 5.73 Å². The fourth-order valence-corrected chi connectivity index (χ4v) is 1.90. The molecule has 4 nitrogen and oxygen atoms in total. The summed E-state index contributed by atoms with van der Waals surface area (Å²) in [7, 11) is 0. The van der Waals surface area contributed by atoms with E-state index < -0.39 is 0 Å². The van der Waals surface area contributed by atoms with Crippen LogP contribution in [-0.4, -0.2) is 12.0 Å². The van der Waals surface area contributed by atoms with Crippen molar-refractivity contribution < 1.29 is 9.53 Å². The normalized spacial score (nSPS) is 10.4. The molecule has 110 valence electrons. The first-order valence-corrected chi connectivity index (χ1v) is 6.94. The fraction of sp³-hybridized carbons (Fsp3) is 0.235. The summed E-state index contributed by atoms with van der Waals surface area (Å²) in [6, 6.07) is 14.6. The largest absolute Gasteiger partial charge is 0.491 e. The van der Waals surface area contributed by atoms with Gasteiger partial charge in [-0.2, -0.15) is 0 Å². The van der Waals surface area contributed by atoms with Crippen LogP contribution in [0.1, 0.15) is 29.8 Å². The third-order valence-electron chi connectivity index (χ3n) is 2.90. The minimum absolute atomic E-state index is 0.0816. The lowest BCUT2D eigenvalue weighted by Gasteiger charge is -2.11. The molecule has 0 radical (unpaired) electrons. The summed E-state index contributed by atoms with van der Waals surface area (Å²) in [5.74, 6) is 0.575. The second-order valence-corrected chi connectivity index (χ2v) is 5.12. The van der Waals surface area contributed by atoms with Gasteiger partial charge in [-0.1, -0.05) is 18.2 Å². The van der Waals surface area contributed by atoms with Crippen molar-refractivity contribution in [1.29, 1.82) is 0 Å². The Morgan fingerprint density at radius 1 is 1.19 bits per heavy atom. The van der Waals surface area contributed by atoms with Crippen LogP contribution >= 0.6 is 0 Å². The molecule has 0 aromatic heterocycles. The number of hydrogen-bond acceptors (Lipinski definition) is 3. The smallest absolute Gasteiger partial charge is 0.251 e. The van der Waals surface area contributed by atoms with Crippen LogP contribution in [0.15, 0.2) is 48.5 Å². The van der Waals surface area contributed by atoms with E-state index >= 15 is 0 Å². The van der Waals surface area contributed by atoms with Gasteiger partial charge < -0.3 is 15.8 Å². The van der Waals surface area contributed by atoms with Crippen LogP contribution in [0.4, 0.5) is 5.69 Å². The summed E-state index contributed by atoms with van der Waals surface area (Å²) in [4.78, 5) is 12.1. The average molecular weight is 284 g/mol. The molecule has 0 fully saturated rings. The van der Waals surface area contributed by atoms with E-state index in [0.717, 1.165) is 5.56 Å². The topological polar surface area (TPSA) is 64.3 Å². The molecule has 2 aromatic carbocycles. The molecule has 4 heteroatoms. The van der Waals surface area contributed by atoms with Crippen molar-refractivity contribution in [2.24, 2.45) is 0 Å². The van der Waals surface area contributed by atoms with Gasteiger partial charge in [-0.15, -0.1) is 0 Å². The zero-order valence-electron chi connectivity index (χ0n) is 12.3. The van der Waals surface area contributed by atoms with Gasteiger partial charge in [-0.05, 0) is 49.7 Å². The highest BCUT2D eigenvalue weighted by molar-refractivity contribution is 5.94. The first kappa shape index (κ1) is 14.9. The molecule has 1 amide bonds. The van der Waals surface area contributed by atoms with Crippen LogP contribution in [0, 0.1) is 0 Å². The number of nitrogen functional groups attached to an aromatic ring is 1. The third-order valence-corrected chi connectivity index (χ3v) is 2.90. The number of ether oxygens (including phenoxy) is 1. The molecule has 0 aliphatic heterocycles. The number of amides is 1. The van der Waals surface area contributed by atoms with E-state index in [0.29, 0.717) is 23.5 Å². The number of nitrogens with one attached hydrogen (secondary N) is 1. The van der Waals surface area contributed by atoms with Gasteiger partial charge in [0, 0.05) is 17.8 Å². The lowest BCUT2D eigenvalue weighted by atomic mass is 10.1. The summed E-state index contributed by atoms with van der Waals surface area (Å²) in [6.45, 7) is 4.37. The Balaban J connectivity index is 1.98. The molecular formula is C17H20N2O2. The summed E-state index contributed by atoms with van der Waals surface area (Å²) in [5.41, 5.74) is 7.93. The van der Waals surface area contributed by atoms with Crippen LogP contribution in [0.5, 0.6) is 5.75 Å². The molecule has 3 N–H and O–H groups in total. The molecule has 0 aliphatic rings. The van der Waals surface area contributed by atoms with Gasteiger partial charge in [0.2, 0.25) is 0 Å². The first-order chi connectivity index (χ1) is 10.0. The summed E-state index contributed by atoms with van der Waals surface area (Å²) in [6.07, 6.45) is 0.0816. The Morgan fingerprint density at radius 2 is 1.90 bits per heavy atom. The zero-order chi connectivity index (χ0) is 15.2. The highest BCUT2D eigenvalue weighted by atomic mass is 16.5. The van der Waals surface area contributed by atoms with Crippen LogP contribution in [0.25, 0.3) is 0 Å². The maximum absolute atomic E-state index is 12.1. The summed E-state index contributed by atoms with van der Waals surface area (Å²) >= 11 is 0. The molecular weight excluding hydrogens is 264 g/mol. The molecule has 2 rings (SSSR count). The standard InChI is InChI=1S/C17H20N2O2/c1-12(2)21-16-5-3-4-14(10-16)17(20)19-11-13-6-8-15(18)9-7-13/h3-10,12H,11,18H2,1-2H3,(H,19,20). The number of carbonyl (C=O) groups excluding carboxylic acids is 1. The Morgan fingerprint density at radius 3 is 2.57 bits per heavy atom. The van der Waals surface area contributed by atoms with E-state index in [1.807, 2.05) is 50.2 Å². The quantitative estimate of drug-likeness (QED) is 0.830. The molecule has 0 heterocycles. The maximum atomic E-state index is 12.1. The van der Waals surface area contributed by atoms with Gasteiger partial charge in [0.15, 0.2) is 0 Å². The number of hydrogen-bond donors (Lipinski definition) is 2. The van der Waals surface area contributed by atoms with Crippen LogP contribution in [-0.2, 0) is 6.54 Å². The molecule has 0 spiro atoms. The van der Waals surface area contributed by atoms with Gasteiger partial charge in [-0.25, -0.2) is 0 Å². The number of benzene rings is 2. The SMILES string of the molecule is CC(C)Oc1cccc(C(=O)NCc2ccc(N)cc2)c1. The van der Waals surface area contributed by atoms with Crippen LogP contribution < -0.4 is 15.8 Å². The minimum atomic E-state index is -0.124. The highest BCUT2D eigenvalue weighted by Crippen LogP contribution is 2.15. The maximum Gasteiger partial charge on any atom is 0.251 e. The molecule has 21 heavy (non-hydrogen) atoms. The fourth-order valence-electron chi connectivity index (χ4n) is 1.90. The monoisotopic (exact) mass is 284 g/mol. The molecule has 0 unspecified atom stereocenters. The van der Waals surface area contributed by atoms with Gasteiger partial charge >= 0.3 is 0 Å². The Bertz CT molecular complexity index is 606. The Kier molecular flexibility index (Phi) is 4.82. The molecule has 0 saturated carbocycles. The van der Waals surface area contributed by atoms with Crippen LogP contribution in [0.3, 0.4) is 0 Å². The predicted octanol–water partition coefficient (Wildman–Crippen LogP) is 2.99. The number of carbonyl (C=O) groups is 1. The minimum Gasteiger partial charge on any atom is -0.491 e. The van der Waals surface area contributed by atoms with Crippen molar-refractivity contribution >= 4 is 11.6 Å². The number of nitrogens with two attached hydrogens (primary N) is 1. The first-order valence-electron chi connectivity index (χ1n) is 6.94. The van der Waals surface area contributed by atoms with Crippen molar-refractivity contribution in [2.45, 2.75) is 26.5 Å².